The fourth-order valence-corrected chi connectivity index (χ4v) is 2.46. The van der Waals surface area contributed by atoms with E-state index in [0.29, 0.717) is 16.9 Å². The Labute approximate surface area is 150 Å². The van der Waals surface area contributed by atoms with Crippen LogP contribution >= 0.6 is 0 Å². The van der Waals surface area contributed by atoms with E-state index in [9.17, 15) is 14.0 Å². The van der Waals surface area contributed by atoms with Crippen molar-refractivity contribution in [3.05, 3.63) is 89.8 Å². The van der Waals surface area contributed by atoms with Crippen LogP contribution in [0.1, 0.15) is 33.3 Å². The van der Waals surface area contributed by atoms with Crippen molar-refractivity contribution in [2.45, 2.75) is 13.5 Å². The monoisotopic (exact) mass is 349 g/mol. The maximum absolute atomic E-state index is 13.3. The Balaban J connectivity index is 1.93. The molecule has 0 radical (unpaired) electrons. The number of anilines is 1. The van der Waals surface area contributed by atoms with E-state index in [1.807, 2.05) is 0 Å². The molecule has 130 valence electrons. The molecular formula is C20H16FN3O2. The van der Waals surface area contributed by atoms with Gasteiger partial charge in [-0.3, -0.25) is 19.6 Å². The number of carbonyl (C=O) groups excluding carboxylic acids is 2. The van der Waals surface area contributed by atoms with Crippen molar-refractivity contribution in [2.24, 2.45) is 0 Å². The van der Waals surface area contributed by atoms with Crippen LogP contribution < -0.4 is 4.90 Å². The molecule has 3 aromatic rings. The van der Waals surface area contributed by atoms with Crippen LogP contribution in [-0.2, 0) is 6.54 Å². The van der Waals surface area contributed by atoms with E-state index in [4.69, 9.17) is 0 Å². The summed E-state index contributed by atoms with van der Waals surface area (Å²) in [4.78, 5) is 33.9. The molecule has 2 aromatic heterocycles. The summed E-state index contributed by atoms with van der Waals surface area (Å²) in [5.74, 6) is -0.770. The SMILES string of the molecule is CC(=O)c1ccc(CN(C(=O)c2cccnc2)c2ccc(F)cc2)cn1. The average Bonchev–Trinajstić information content (AvgIpc) is 2.67. The molecule has 5 nitrogen and oxygen atoms in total. The summed E-state index contributed by atoms with van der Waals surface area (Å²) in [6.07, 6.45) is 4.63. The summed E-state index contributed by atoms with van der Waals surface area (Å²) in [7, 11) is 0. The van der Waals surface area contributed by atoms with Gasteiger partial charge >= 0.3 is 0 Å². The highest BCUT2D eigenvalue weighted by molar-refractivity contribution is 6.05. The number of pyridine rings is 2. The second kappa shape index (κ2) is 7.65. The molecule has 26 heavy (non-hydrogen) atoms. The van der Waals surface area contributed by atoms with Gasteiger partial charge in [0, 0.05) is 31.2 Å². The highest BCUT2D eigenvalue weighted by Gasteiger charge is 2.19. The Bertz CT molecular complexity index is 910. The summed E-state index contributed by atoms with van der Waals surface area (Å²) in [5, 5.41) is 0. The normalized spacial score (nSPS) is 10.4. The van der Waals surface area contributed by atoms with Crippen molar-refractivity contribution < 1.29 is 14.0 Å². The minimum absolute atomic E-state index is 0.127. The lowest BCUT2D eigenvalue weighted by atomic mass is 10.1. The molecule has 0 atom stereocenters. The summed E-state index contributed by atoms with van der Waals surface area (Å²) in [6, 6.07) is 12.4. The van der Waals surface area contributed by atoms with E-state index in [0.717, 1.165) is 5.56 Å². The minimum atomic E-state index is -0.380. The van der Waals surface area contributed by atoms with Gasteiger partial charge in [-0.2, -0.15) is 0 Å². The minimum Gasteiger partial charge on any atom is -0.304 e. The fraction of sp³-hybridized carbons (Fsp3) is 0.100. The van der Waals surface area contributed by atoms with Crippen LogP contribution in [-0.4, -0.2) is 21.7 Å². The second-order valence-corrected chi connectivity index (χ2v) is 5.72. The van der Waals surface area contributed by atoms with Gasteiger partial charge in [0.2, 0.25) is 0 Å². The molecule has 0 bridgehead atoms. The number of amides is 1. The number of Topliss-reactive ketones (excluding diaryl/α,β-unsaturated/α-hetero) is 1. The zero-order chi connectivity index (χ0) is 18.5. The number of rotatable bonds is 5. The number of carbonyl (C=O) groups is 2. The second-order valence-electron chi connectivity index (χ2n) is 5.72. The van der Waals surface area contributed by atoms with Crippen LogP contribution in [0.25, 0.3) is 0 Å². The molecule has 6 heteroatoms. The summed E-state index contributed by atoms with van der Waals surface area (Å²) < 4.78 is 13.3. The first-order valence-corrected chi connectivity index (χ1v) is 7.98. The Kier molecular flexibility index (Phi) is 5.12. The molecule has 2 heterocycles. The molecule has 0 fully saturated rings. The van der Waals surface area contributed by atoms with Gasteiger partial charge in [0.25, 0.3) is 5.91 Å². The highest BCUT2D eigenvalue weighted by Crippen LogP contribution is 2.20. The largest absolute Gasteiger partial charge is 0.304 e. The Morgan fingerprint density at radius 3 is 2.38 bits per heavy atom. The van der Waals surface area contributed by atoms with Gasteiger partial charge in [0.05, 0.1) is 12.1 Å². The first-order chi connectivity index (χ1) is 12.5. The van der Waals surface area contributed by atoms with Gasteiger partial charge in [0.1, 0.15) is 11.5 Å². The number of benzene rings is 1. The van der Waals surface area contributed by atoms with Crippen LogP contribution in [0, 0.1) is 5.82 Å². The van der Waals surface area contributed by atoms with E-state index in [1.54, 1.807) is 48.8 Å². The maximum Gasteiger partial charge on any atom is 0.260 e. The van der Waals surface area contributed by atoms with E-state index < -0.39 is 0 Å². The Morgan fingerprint density at radius 2 is 1.81 bits per heavy atom. The van der Waals surface area contributed by atoms with Gasteiger partial charge in [-0.05, 0) is 48.0 Å². The lowest BCUT2D eigenvalue weighted by Gasteiger charge is -2.23. The summed E-state index contributed by atoms with van der Waals surface area (Å²) in [5.41, 5.74) is 2.08. The van der Waals surface area contributed by atoms with E-state index >= 15 is 0 Å². The molecule has 0 aliphatic rings. The molecule has 1 aromatic carbocycles. The third-order valence-corrected chi connectivity index (χ3v) is 3.82. The maximum atomic E-state index is 13.3. The van der Waals surface area contributed by atoms with Gasteiger partial charge in [0.15, 0.2) is 5.78 Å². The van der Waals surface area contributed by atoms with Crippen molar-refractivity contribution in [3.8, 4) is 0 Å². The van der Waals surface area contributed by atoms with Crippen LogP contribution in [0.2, 0.25) is 0 Å². The van der Waals surface area contributed by atoms with E-state index in [1.165, 1.54) is 30.2 Å². The topological polar surface area (TPSA) is 63.2 Å². The summed E-state index contributed by atoms with van der Waals surface area (Å²) >= 11 is 0. The number of hydrogen-bond acceptors (Lipinski definition) is 4. The van der Waals surface area contributed by atoms with Crippen LogP contribution in [0.15, 0.2) is 67.1 Å². The fourth-order valence-electron chi connectivity index (χ4n) is 2.46. The molecule has 0 unspecified atom stereocenters. The van der Waals surface area contributed by atoms with Crippen LogP contribution in [0.4, 0.5) is 10.1 Å². The zero-order valence-corrected chi connectivity index (χ0v) is 14.1. The number of ketones is 1. The van der Waals surface area contributed by atoms with Crippen LogP contribution in [0.3, 0.4) is 0 Å². The lowest BCUT2D eigenvalue weighted by Crippen LogP contribution is -2.30. The quantitative estimate of drug-likeness (QED) is 0.660. The number of halogens is 1. The lowest BCUT2D eigenvalue weighted by molar-refractivity contribution is 0.0981. The van der Waals surface area contributed by atoms with Gasteiger partial charge in [-0.15, -0.1) is 0 Å². The Morgan fingerprint density at radius 1 is 1.04 bits per heavy atom. The van der Waals surface area contributed by atoms with Crippen molar-refractivity contribution in [1.82, 2.24) is 9.97 Å². The number of aromatic nitrogens is 2. The number of hydrogen-bond donors (Lipinski definition) is 0. The average molecular weight is 349 g/mol. The standard InChI is InChI=1S/C20H16FN3O2/c1-14(25)19-9-4-15(11-23-19)13-24(18-7-5-17(21)6-8-18)20(26)16-3-2-10-22-12-16/h2-12H,13H2,1H3. The predicted octanol–water partition coefficient (Wildman–Crippen LogP) is 3.67. The van der Waals surface area contributed by atoms with E-state index in [-0.39, 0.29) is 24.1 Å². The summed E-state index contributed by atoms with van der Waals surface area (Å²) in [6.45, 7) is 1.67. The van der Waals surface area contributed by atoms with Gasteiger partial charge in [-0.1, -0.05) is 6.07 Å². The molecule has 0 aliphatic carbocycles. The van der Waals surface area contributed by atoms with Crippen molar-refractivity contribution in [2.75, 3.05) is 4.90 Å². The van der Waals surface area contributed by atoms with Crippen molar-refractivity contribution in [1.29, 1.82) is 0 Å². The van der Waals surface area contributed by atoms with E-state index in [2.05, 4.69) is 9.97 Å². The van der Waals surface area contributed by atoms with Crippen molar-refractivity contribution in [3.63, 3.8) is 0 Å². The first-order valence-electron chi connectivity index (χ1n) is 7.98. The molecule has 0 aliphatic heterocycles. The molecule has 0 saturated carbocycles. The van der Waals surface area contributed by atoms with Gasteiger partial charge in [-0.25, -0.2) is 4.39 Å². The van der Waals surface area contributed by atoms with Gasteiger partial charge < -0.3 is 4.90 Å². The van der Waals surface area contributed by atoms with Crippen molar-refractivity contribution >= 4 is 17.4 Å². The molecule has 3 rings (SSSR count). The Hall–Kier alpha value is -3.41. The third kappa shape index (κ3) is 3.97. The molecule has 0 spiro atoms. The molecule has 0 N–H and O–H groups in total. The highest BCUT2D eigenvalue weighted by atomic mass is 19.1. The first kappa shape index (κ1) is 17.4. The molecular weight excluding hydrogens is 333 g/mol. The molecule has 1 amide bonds. The van der Waals surface area contributed by atoms with Crippen LogP contribution in [0.5, 0.6) is 0 Å². The third-order valence-electron chi connectivity index (χ3n) is 3.82. The smallest absolute Gasteiger partial charge is 0.260 e. The predicted molar refractivity (Wildman–Crippen MR) is 95.4 cm³/mol. The molecule has 0 saturated heterocycles. The zero-order valence-electron chi connectivity index (χ0n) is 14.1. The number of nitrogens with zero attached hydrogens (tertiary/aromatic N) is 3.